The molecule has 0 aromatic heterocycles. The van der Waals surface area contributed by atoms with Crippen molar-refractivity contribution in [3.8, 4) is 5.75 Å². The van der Waals surface area contributed by atoms with Crippen LogP contribution < -0.4 is 9.46 Å². The normalized spacial score (nSPS) is 11.1. The number of hydrogen-bond acceptors (Lipinski definition) is 6. The number of rotatable bonds is 7. The molecule has 0 aliphatic heterocycles. The lowest BCUT2D eigenvalue weighted by molar-refractivity contribution is 0.0472. The lowest BCUT2D eigenvalue weighted by Crippen LogP contribution is -2.15. The summed E-state index contributed by atoms with van der Waals surface area (Å²) in [4.78, 5) is 24.8. The van der Waals surface area contributed by atoms with Gasteiger partial charge < -0.3 is 9.47 Å². The van der Waals surface area contributed by atoms with E-state index in [1.54, 1.807) is 12.1 Å². The molecule has 0 radical (unpaired) electrons. The predicted octanol–water partition coefficient (Wildman–Crippen LogP) is 3.26. The van der Waals surface area contributed by atoms with E-state index in [1.165, 1.54) is 31.4 Å². The average molecular weight is 413 g/mol. The maximum Gasteiger partial charge on any atom is 0.342 e. The molecule has 0 saturated carbocycles. The van der Waals surface area contributed by atoms with E-state index in [-0.39, 0.29) is 5.56 Å². The molecular formula is C21H19NO6S. The summed E-state index contributed by atoms with van der Waals surface area (Å²) in [6, 6.07) is 16.7. The summed E-state index contributed by atoms with van der Waals surface area (Å²) in [5, 5.41) is 1.76. The van der Waals surface area contributed by atoms with Crippen LogP contribution in [-0.2, 0) is 14.8 Å². The maximum absolute atomic E-state index is 12.5. The van der Waals surface area contributed by atoms with Crippen molar-refractivity contribution in [2.75, 3.05) is 24.7 Å². The monoisotopic (exact) mass is 413 g/mol. The van der Waals surface area contributed by atoms with Gasteiger partial charge in [-0.15, -0.1) is 0 Å². The van der Waals surface area contributed by atoms with Crippen molar-refractivity contribution in [2.24, 2.45) is 0 Å². The van der Waals surface area contributed by atoms with Crippen LogP contribution in [0.3, 0.4) is 0 Å². The Morgan fingerprint density at radius 1 is 0.966 bits per heavy atom. The van der Waals surface area contributed by atoms with E-state index in [4.69, 9.17) is 9.47 Å². The minimum absolute atomic E-state index is 0.228. The molecule has 7 nitrogen and oxygen atoms in total. The number of ether oxygens (including phenoxy) is 2. The zero-order valence-electron chi connectivity index (χ0n) is 15.8. The molecule has 3 aromatic rings. The number of hydrogen-bond donors (Lipinski definition) is 1. The first kappa shape index (κ1) is 20.3. The number of fused-ring (bicyclic) bond motifs is 1. The van der Waals surface area contributed by atoms with Gasteiger partial charge in [0.05, 0.1) is 13.4 Å². The van der Waals surface area contributed by atoms with Gasteiger partial charge in [0.2, 0.25) is 10.0 Å². The molecule has 0 aliphatic carbocycles. The number of Topliss-reactive ketones (excluding diaryl/α,β-unsaturated/α-hetero) is 1. The summed E-state index contributed by atoms with van der Waals surface area (Å²) in [5.41, 5.74) is 0.857. The van der Waals surface area contributed by atoms with E-state index in [0.29, 0.717) is 17.0 Å². The molecule has 1 N–H and O–H groups in total. The van der Waals surface area contributed by atoms with Crippen LogP contribution in [0.2, 0.25) is 0 Å². The molecule has 3 aromatic carbocycles. The summed E-state index contributed by atoms with van der Waals surface area (Å²) in [7, 11) is -1.94. The third kappa shape index (κ3) is 5.11. The van der Waals surface area contributed by atoms with Gasteiger partial charge in [-0.25, -0.2) is 13.2 Å². The highest BCUT2D eigenvalue weighted by molar-refractivity contribution is 7.92. The second-order valence-corrected chi connectivity index (χ2v) is 8.10. The summed E-state index contributed by atoms with van der Waals surface area (Å²) in [6.07, 6.45) is 1.03. The molecule has 0 bridgehead atoms. The molecule has 0 heterocycles. The fraction of sp³-hybridized carbons (Fsp3) is 0.143. The van der Waals surface area contributed by atoms with Gasteiger partial charge in [0.25, 0.3) is 0 Å². The smallest absolute Gasteiger partial charge is 0.342 e. The number of ketones is 1. The predicted molar refractivity (Wildman–Crippen MR) is 110 cm³/mol. The van der Waals surface area contributed by atoms with Crippen LogP contribution in [0.1, 0.15) is 20.7 Å². The SMILES string of the molecule is COc1cc2ccccc2cc1C(=O)OCC(=O)c1ccc(NS(C)(=O)=O)cc1. The fourth-order valence-electron chi connectivity index (χ4n) is 2.78. The molecular weight excluding hydrogens is 394 g/mol. The number of nitrogens with one attached hydrogen (secondary N) is 1. The van der Waals surface area contributed by atoms with Gasteiger partial charge in [-0.1, -0.05) is 24.3 Å². The number of benzene rings is 3. The van der Waals surface area contributed by atoms with E-state index >= 15 is 0 Å². The van der Waals surface area contributed by atoms with Crippen LogP contribution in [0.5, 0.6) is 5.75 Å². The molecule has 0 atom stereocenters. The summed E-state index contributed by atoms with van der Waals surface area (Å²) >= 11 is 0. The van der Waals surface area contributed by atoms with Gasteiger partial charge in [0.15, 0.2) is 12.4 Å². The molecule has 150 valence electrons. The van der Waals surface area contributed by atoms with Crippen LogP contribution in [0.25, 0.3) is 10.8 Å². The molecule has 8 heteroatoms. The summed E-state index contributed by atoms with van der Waals surface area (Å²) < 4.78 is 35.2. The van der Waals surface area contributed by atoms with Crippen LogP contribution in [0, 0.1) is 0 Å². The minimum atomic E-state index is -3.40. The number of methoxy groups -OCH3 is 1. The largest absolute Gasteiger partial charge is 0.496 e. The van der Waals surface area contributed by atoms with Crippen molar-refractivity contribution in [3.05, 3.63) is 71.8 Å². The van der Waals surface area contributed by atoms with Crippen molar-refractivity contribution in [1.82, 2.24) is 0 Å². The zero-order chi connectivity index (χ0) is 21.0. The fourth-order valence-corrected chi connectivity index (χ4v) is 3.34. The Balaban J connectivity index is 1.70. The number of sulfonamides is 1. The molecule has 0 spiro atoms. The molecule has 0 fully saturated rings. The zero-order valence-corrected chi connectivity index (χ0v) is 16.7. The highest BCUT2D eigenvalue weighted by atomic mass is 32.2. The number of carbonyl (C=O) groups is 2. The molecule has 0 unspecified atom stereocenters. The maximum atomic E-state index is 12.5. The first-order valence-electron chi connectivity index (χ1n) is 8.62. The number of anilines is 1. The quantitative estimate of drug-likeness (QED) is 0.472. The second kappa shape index (κ2) is 8.32. The van der Waals surface area contributed by atoms with E-state index in [2.05, 4.69) is 4.72 Å². The first-order valence-corrected chi connectivity index (χ1v) is 10.5. The van der Waals surface area contributed by atoms with Gasteiger partial charge in [0, 0.05) is 11.3 Å². The highest BCUT2D eigenvalue weighted by Crippen LogP contribution is 2.26. The van der Waals surface area contributed by atoms with Crippen LogP contribution in [0.15, 0.2) is 60.7 Å². The van der Waals surface area contributed by atoms with Crippen molar-refractivity contribution < 1.29 is 27.5 Å². The lowest BCUT2D eigenvalue weighted by Gasteiger charge is -2.10. The van der Waals surface area contributed by atoms with E-state index in [9.17, 15) is 18.0 Å². The Hall–Kier alpha value is -3.39. The van der Waals surface area contributed by atoms with Gasteiger partial charge in [-0.3, -0.25) is 9.52 Å². The van der Waals surface area contributed by atoms with E-state index in [1.807, 2.05) is 24.3 Å². The van der Waals surface area contributed by atoms with Crippen molar-refractivity contribution in [1.29, 1.82) is 0 Å². The topological polar surface area (TPSA) is 98.8 Å². The summed E-state index contributed by atoms with van der Waals surface area (Å²) in [6.45, 7) is -0.451. The van der Waals surface area contributed by atoms with Gasteiger partial charge in [0.1, 0.15) is 11.3 Å². The molecule has 0 saturated heterocycles. The van der Waals surface area contributed by atoms with Crippen LogP contribution in [0.4, 0.5) is 5.69 Å². The lowest BCUT2D eigenvalue weighted by atomic mass is 10.1. The third-order valence-electron chi connectivity index (χ3n) is 4.13. The molecule has 0 aliphatic rings. The average Bonchev–Trinajstić information content (AvgIpc) is 2.70. The Kier molecular flexibility index (Phi) is 5.84. The van der Waals surface area contributed by atoms with Gasteiger partial charge >= 0.3 is 5.97 Å². The Morgan fingerprint density at radius 3 is 2.17 bits per heavy atom. The minimum Gasteiger partial charge on any atom is -0.496 e. The van der Waals surface area contributed by atoms with Gasteiger partial charge in [-0.05, 0) is 47.2 Å². The Labute approximate surface area is 168 Å². The Morgan fingerprint density at radius 2 is 1.59 bits per heavy atom. The van der Waals surface area contributed by atoms with Crippen LogP contribution in [-0.4, -0.2) is 40.1 Å². The summed E-state index contributed by atoms with van der Waals surface area (Å²) in [5.74, 6) is -0.724. The third-order valence-corrected chi connectivity index (χ3v) is 4.74. The first-order chi connectivity index (χ1) is 13.8. The highest BCUT2D eigenvalue weighted by Gasteiger charge is 2.17. The van der Waals surface area contributed by atoms with Crippen molar-refractivity contribution in [2.45, 2.75) is 0 Å². The Bertz CT molecular complexity index is 1170. The van der Waals surface area contributed by atoms with E-state index in [0.717, 1.165) is 17.0 Å². The van der Waals surface area contributed by atoms with Crippen molar-refractivity contribution >= 4 is 38.2 Å². The molecule has 0 amide bonds. The number of esters is 1. The second-order valence-electron chi connectivity index (χ2n) is 6.35. The molecule has 29 heavy (non-hydrogen) atoms. The number of carbonyl (C=O) groups excluding carboxylic acids is 2. The molecule has 3 rings (SSSR count). The van der Waals surface area contributed by atoms with Crippen molar-refractivity contribution in [3.63, 3.8) is 0 Å². The standard InChI is InChI=1S/C21H19NO6S/c1-27-20-12-16-6-4-3-5-15(16)11-18(20)21(24)28-13-19(23)14-7-9-17(10-8-14)22-29(2,25)26/h3-12,22H,13H2,1-2H3. The van der Waals surface area contributed by atoms with E-state index < -0.39 is 28.4 Å². The van der Waals surface area contributed by atoms with Crippen LogP contribution >= 0.6 is 0 Å². The van der Waals surface area contributed by atoms with Gasteiger partial charge in [-0.2, -0.15) is 0 Å².